The zero-order chi connectivity index (χ0) is 13.3. The highest BCUT2D eigenvalue weighted by Crippen LogP contribution is 2.27. The molecule has 1 fully saturated rings. The van der Waals surface area contributed by atoms with Gasteiger partial charge in [0.15, 0.2) is 5.58 Å². The van der Waals surface area contributed by atoms with E-state index in [4.69, 9.17) is 4.42 Å². The largest absolute Gasteiger partial charge is 0.432 e. The lowest BCUT2D eigenvalue weighted by atomic mass is 9.95. The van der Waals surface area contributed by atoms with E-state index in [-0.39, 0.29) is 17.3 Å². The van der Waals surface area contributed by atoms with E-state index in [2.05, 4.69) is 17.2 Å². The third-order valence-corrected chi connectivity index (χ3v) is 4.49. The van der Waals surface area contributed by atoms with Crippen LogP contribution < -0.4 is 5.32 Å². The molecule has 0 radical (unpaired) electrons. The van der Waals surface area contributed by atoms with Crippen molar-refractivity contribution < 1.29 is 9.21 Å². The van der Waals surface area contributed by atoms with Gasteiger partial charge >= 0.3 is 5.91 Å². The van der Waals surface area contributed by atoms with E-state index in [1.165, 1.54) is 0 Å². The molecule has 0 unspecified atom stereocenters. The Labute approximate surface area is 116 Å². The molecule has 1 N–H and O–H groups in total. The van der Waals surface area contributed by atoms with Gasteiger partial charge in [0.2, 0.25) is 0 Å². The first-order valence-electron chi connectivity index (χ1n) is 6.42. The first-order chi connectivity index (χ1) is 9.16. The lowest BCUT2D eigenvalue weighted by Gasteiger charge is -2.33. The molecule has 1 saturated heterocycles. The number of thioether (sulfide) groups is 1. The van der Waals surface area contributed by atoms with Crippen LogP contribution >= 0.6 is 11.8 Å². The van der Waals surface area contributed by atoms with Crippen molar-refractivity contribution in [2.45, 2.75) is 25.3 Å². The molecule has 0 saturated carbocycles. The number of fused-ring (bicyclic) bond motifs is 1. The molecule has 0 aliphatic carbocycles. The quantitative estimate of drug-likeness (QED) is 0.916. The number of benzene rings is 1. The zero-order valence-corrected chi connectivity index (χ0v) is 11.6. The minimum atomic E-state index is -0.217. The fraction of sp³-hybridized carbons (Fsp3) is 0.429. The molecular weight excluding hydrogens is 260 g/mol. The van der Waals surface area contributed by atoms with Gasteiger partial charge in [-0.2, -0.15) is 11.8 Å². The Balaban J connectivity index is 1.79. The van der Waals surface area contributed by atoms with Crippen LogP contribution in [0.3, 0.4) is 0 Å². The van der Waals surface area contributed by atoms with Crippen LogP contribution in [-0.2, 0) is 0 Å². The van der Waals surface area contributed by atoms with Crippen molar-refractivity contribution in [2.24, 2.45) is 0 Å². The van der Waals surface area contributed by atoms with E-state index in [1.54, 1.807) is 0 Å². The number of oxazole rings is 1. The monoisotopic (exact) mass is 276 g/mol. The lowest BCUT2D eigenvalue weighted by Crippen LogP contribution is -2.48. The van der Waals surface area contributed by atoms with Crippen molar-refractivity contribution in [2.75, 3.05) is 11.5 Å². The second-order valence-electron chi connectivity index (χ2n) is 5.11. The van der Waals surface area contributed by atoms with Crippen LogP contribution in [0.5, 0.6) is 0 Å². The minimum absolute atomic E-state index is 0.136. The number of hydrogen-bond acceptors (Lipinski definition) is 4. The molecule has 2 aromatic rings. The van der Waals surface area contributed by atoms with E-state index in [0.29, 0.717) is 5.58 Å². The number of carbonyl (C=O) groups is 1. The SMILES string of the molecule is CC1(NC(=O)c2nc3ccccc3o2)CCSCC1. The molecule has 4 nitrogen and oxygen atoms in total. The Morgan fingerprint density at radius 3 is 2.84 bits per heavy atom. The highest BCUT2D eigenvalue weighted by Gasteiger charge is 2.30. The molecule has 3 rings (SSSR count). The minimum Gasteiger partial charge on any atom is -0.432 e. The molecule has 0 spiro atoms. The summed E-state index contributed by atoms with van der Waals surface area (Å²) >= 11 is 1.93. The van der Waals surface area contributed by atoms with Crippen LogP contribution in [0, 0.1) is 0 Å². The van der Waals surface area contributed by atoms with Gasteiger partial charge in [0, 0.05) is 5.54 Å². The predicted molar refractivity (Wildman–Crippen MR) is 76.4 cm³/mol. The third-order valence-electron chi connectivity index (χ3n) is 3.50. The maximum atomic E-state index is 12.2. The molecule has 19 heavy (non-hydrogen) atoms. The maximum absolute atomic E-state index is 12.2. The van der Waals surface area contributed by atoms with Gasteiger partial charge in [0.1, 0.15) is 5.52 Å². The summed E-state index contributed by atoms with van der Waals surface area (Å²) in [6.07, 6.45) is 1.98. The zero-order valence-electron chi connectivity index (χ0n) is 10.8. The van der Waals surface area contributed by atoms with Gasteiger partial charge in [0.05, 0.1) is 0 Å². The fourth-order valence-electron chi connectivity index (χ4n) is 2.24. The number of aromatic nitrogens is 1. The summed E-state index contributed by atoms with van der Waals surface area (Å²) in [4.78, 5) is 16.4. The second-order valence-corrected chi connectivity index (χ2v) is 6.34. The smallest absolute Gasteiger partial charge is 0.307 e. The topological polar surface area (TPSA) is 55.1 Å². The maximum Gasteiger partial charge on any atom is 0.307 e. The van der Waals surface area contributed by atoms with Crippen molar-refractivity contribution in [1.29, 1.82) is 0 Å². The van der Waals surface area contributed by atoms with Crippen LogP contribution in [0.25, 0.3) is 11.1 Å². The summed E-state index contributed by atoms with van der Waals surface area (Å²) in [6, 6.07) is 7.41. The van der Waals surface area contributed by atoms with E-state index >= 15 is 0 Å². The first kappa shape index (κ1) is 12.5. The van der Waals surface area contributed by atoms with Gasteiger partial charge in [0.25, 0.3) is 5.89 Å². The molecule has 1 aromatic carbocycles. The third kappa shape index (κ3) is 2.61. The summed E-state index contributed by atoms with van der Waals surface area (Å²) in [6.45, 7) is 2.09. The lowest BCUT2D eigenvalue weighted by molar-refractivity contribution is 0.0867. The van der Waals surface area contributed by atoms with Gasteiger partial charge in [-0.15, -0.1) is 0 Å². The van der Waals surface area contributed by atoms with Gasteiger partial charge in [-0.25, -0.2) is 4.98 Å². The molecule has 2 heterocycles. The average molecular weight is 276 g/mol. The molecule has 100 valence electrons. The average Bonchev–Trinajstić information content (AvgIpc) is 2.83. The van der Waals surface area contributed by atoms with Crippen LogP contribution in [-0.4, -0.2) is 27.9 Å². The van der Waals surface area contributed by atoms with Crippen LogP contribution in [0.4, 0.5) is 0 Å². The highest BCUT2D eigenvalue weighted by atomic mass is 32.2. The molecule has 1 aromatic heterocycles. The van der Waals surface area contributed by atoms with E-state index in [0.717, 1.165) is 29.9 Å². The molecule has 1 aliphatic rings. The van der Waals surface area contributed by atoms with Crippen LogP contribution in [0.1, 0.15) is 30.5 Å². The van der Waals surface area contributed by atoms with Crippen LogP contribution in [0.15, 0.2) is 28.7 Å². The Kier molecular flexibility index (Phi) is 3.22. The number of nitrogens with zero attached hydrogens (tertiary/aromatic N) is 1. The normalized spacial score (nSPS) is 18.4. The van der Waals surface area contributed by atoms with Crippen molar-refractivity contribution >= 4 is 28.8 Å². The second kappa shape index (κ2) is 4.89. The van der Waals surface area contributed by atoms with Crippen molar-refractivity contribution in [1.82, 2.24) is 10.3 Å². The number of carbonyl (C=O) groups excluding carboxylic acids is 1. The summed E-state index contributed by atoms with van der Waals surface area (Å²) in [5, 5.41) is 3.06. The van der Waals surface area contributed by atoms with Gasteiger partial charge in [-0.3, -0.25) is 4.79 Å². The molecular formula is C14H16N2O2S. The number of nitrogens with one attached hydrogen (secondary N) is 1. The number of rotatable bonds is 2. The number of para-hydroxylation sites is 2. The number of hydrogen-bond donors (Lipinski definition) is 1. The Morgan fingerprint density at radius 2 is 2.11 bits per heavy atom. The summed E-state index contributed by atoms with van der Waals surface area (Å²) in [5.74, 6) is 2.11. The molecule has 0 bridgehead atoms. The first-order valence-corrected chi connectivity index (χ1v) is 7.58. The summed E-state index contributed by atoms with van der Waals surface area (Å²) < 4.78 is 5.49. The Morgan fingerprint density at radius 1 is 1.37 bits per heavy atom. The van der Waals surface area contributed by atoms with Crippen LogP contribution in [0.2, 0.25) is 0 Å². The highest BCUT2D eigenvalue weighted by molar-refractivity contribution is 7.99. The van der Waals surface area contributed by atoms with Crippen molar-refractivity contribution in [3.05, 3.63) is 30.2 Å². The van der Waals surface area contributed by atoms with Gasteiger partial charge in [-0.1, -0.05) is 12.1 Å². The van der Waals surface area contributed by atoms with E-state index in [1.807, 2.05) is 36.0 Å². The van der Waals surface area contributed by atoms with Crippen molar-refractivity contribution in [3.63, 3.8) is 0 Å². The standard InChI is InChI=1S/C14H16N2O2S/c1-14(6-8-19-9-7-14)16-12(17)13-15-10-4-2-3-5-11(10)18-13/h2-5H,6-9H2,1H3,(H,16,17). The van der Waals surface area contributed by atoms with Crippen molar-refractivity contribution in [3.8, 4) is 0 Å². The van der Waals surface area contributed by atoms with E-state index in [9.17, 15) is 4.79 Å². The molecule has 5 heteroatoms. The Bertz CT molecular complexity index is 569. The van der Waals surface area contributed by atoms with Gasteiger partial charge in [-0.05, 0) is 43.4 Å². The predicted octanol–water partition coefficient (Wildman–Crippen LogP) is 2.84. The molecule has 1 aliphatic heterocycles. The molecule has 1 amide bonds. The number of amides is 1. The van der Waals surface area contributed by atoms with E-state index < -0.39 is 0 Å². The molecule has 0 atom stereocenters. The summed E-state index contributed by atoms with van der Waals surface area (Å²) in [5.41, 5.74) is 1.23. The fourth-order valence-corrected chi connectivity index (χ4v) is 3.64. The Hall–Kier alpha value is -1.49. The van der Waals surface area contributed by atoms with Gasteiger partial charge < -0.3 is 9.73 Å². The summed E-state index contributed by atoms with van der Waals surface area (Å²) in [7, 11) is 0.